The molecule has 9 nitrogen and oxygen atoms in total. The molecule has 0 atom stereocenters. The topological polar surface area (TPSA) is 108 Å². The van der Waals surface area contributed by atoms with Crippen molar-refractivity contribution in [3.63, 3.8) is 0 Å². The average Bonchev–Trinajstić information content (AvgIpc) is 3.30. The van der Waals surface area contributed by atoms with E-state index in [4.69, 9.17) is 0 Å². The molecule has 4 aromatic rings. The molecular weight excluding hydrogens is 411 g/mol. The summed E-state index contributed by atoms with van der Waals surface area (Å²) in [6, 6.07) is 6.43. The normalized spacial score (nSPS) is 12.4. The number of aryl methyl sites for hydroxylation is 1. The minimum absolute atomic E-state index is 0.167. The molecule has 0 unspecified atom stereocenters. The van der Waals surface area contributed by atoms with Crippen molar-refractivity contribution >= 4 is 26.7 Å². The van der Waals surface area contributed by atoms with Gasteiger partial charge in [0.25, 0.3) is 10.0 Å². The molecule has 0 aliphatic heterocycles. The van der Waals surface area contributed by atoms with Crippen molar-refractivity contribution in [2.24, 2.45) is 7.05 Å². The lowest BCUT2D eigenvalue weighted by atomic mass is 10.2. The van der Waals surface area contributed by atoms with Crippen molar-refractivity contribution in [1.29, 1.82) is 0 Å². The van der Waals surface area contributed by atoms with E-state index in [1.165, 1.54) is 4.68 Å². The smallest absolute Gasteiger partial charge is 0.277 e. The van der Waals surface area contributed by atoms with E-state index in [1.54, 1.807) is 25.2 Å². The number of rotatable bonds is 4. The number of hydrogen-bond donors (Lipinski definition) is 1. The number of benzene rings is 1. The van der Waals surface area contributed by atoms with Crippen LogP contribution in [0.4, 0.5) is 18.9 Å². The van der Waals surface area contributed by atoms with Crippen molar-refractivity contribution in [1.82, 2.24) is 29.8 Å². The van der Waals surface area contributed by atoms with E-state index in [0.29, 0.717) is 11.0 Å². The first-order valence-electron chi connectivity index (χ1n) is 8.05. The highest BCUT2D eigenvalue weighted by Crippen LogP contribution is 2.30. The second-order valence-corrected chi connectivity index (χ2v) is 7.70. The number of fused-ring (bicyclic) bond motifs is 1. The number of aromatic nitrogens is 6. The summed E-state index contributed by atoms with van der Waals surface area (Å²) in [5.41, 5.74) is 0.301. The number of para-hydroxylation sites is 1. The average molecular weight is 423 g/mol. The first kappa shape index (κ1) is 18.9. The fourth-order valence-electron chi connectivity index (χ4n) is 2.69. The third-order valence-electron chi connectivity index (χ3n) is 4.05. The monoisotopic (exact) mass is 423 g/mol. The summed E-state index contributed by atoms with van der Waals surface area (Å²) in [6.45, 7) is 0. The Labute approximate surface area is 161 Å². The molecule has 1 aromatic carbocycles. The van der Waals surface area contributed by atoms with Crippen LogP contribution in [0.3, 0.4) is 0 Å². The van der Waals surface area contributed by atoms with Crippen molar-refractivity contribution in [3.8, 4) is 5.82 Å². The van der Waals surface area contributed by atoms with Crippen LogP contribution in [0.1, 0.15) is 5.56 Å². The molecule has 0 spiro atoms. The molecule has 13 heteroatoms. The maximum absolute atomic E-state index is 12.9. The van der Waals surface area contributed by atoms with E-state index >= 15 is 0 Å². The highest BCUT2D eigenvalue weighted by molar-refractivity contribution is 7.92. The molecule has 0 radical (unpaired) electrons. The fraction of sp³-hybridized carbons (Fsp3) is 0.125. The van der Waals surface area contributed by atoms with Crippen LogP contribution >= 0.6 is 0 Å². The third-order valence-corrected chi connectivity index (χ3v) is 5.37. The van der Waals surface area contributed by atoms with Crippen molar-refractivity contribution < 1.29 is 21.6 Å². The lowest BCUT2D eigenvalue weighted by Gasteiger charge is -2.08. The second kappa shape index (κ2) is 6.55. The number of halogens is 3. The Kier molecular flexibility index (Phi) is 4.26. The van der Waals surface area contributed by atoms with Gasteiger partial charge in [0.05, 0.1) is 23.6 Å². The van der Waals surface area contributed by atoms with Crippen LogP contribution in [-0.4, -0.2) is 38.2 Å². The molecule has 0 aliphatic carbocycles. The van der Waals surface area contributed by atoms with Gasteiger partial charge in [-0.2, -0.15) is 18.3 Å². The molecule has 150 valence electrons. The number of sulfonamides is 1. The number of hydrogen-bond acceptors (Lipinski definition) is 6. The van der Waals surface area contributed by atoms with E-state index in [9.17, 15) is 21.6 Å². The van der Waals surface area contributed by atoms with Gasteiger partial charge < -0.3 is 0 Å². The Hall–Kier alpha value is -3.48. The highest BCUT2D eigenvalue weighted by atomic mass is 32.2. The summed E-state index contributed by atoms with van der Waals surface area (Å²) in [6.07, 6.45) is -1.49. The van der Waals surface area contributed by atoms with Gasteiger partial charge in [-0.15, -0.1) is 5.10 Å². The summed E-state index contributed by atoms with van der Waals surface area (Å²) < 4.78 is 68.9. The van der Waals surface area contributed by atoms with E-state index in [2.05, 4.69) is 25.1 Å². The molecule has 4 rings (SSSR count). The van der Waals surface area contributed by atoms with Gasteiger partial charge in [-0.05, 0) is 24.3 Å². The Balaban J connectivity index is 1.68. The van der Waals surface area contributed by atoms with Gasteiger partial charge in [-0.3, -0.25) is 4.72 Å². The minimum atomic E-state index is -4.56. The van der Waals surface area contributed by atoms with Crippen LogP contribution < -0.4 is 4.72 Å². The van der Waals surface area contributed by atoms with Crippen LogP contribution in [0, 0.1) is 0 Å². The maximum atomic E-state index is 12.9. The van der Waals surface area contributed by atoms with Crippen LogP contribution in [0.5, 0.6) is 0 Å². The SMILES string of the molecule is Cn1nnc2cccc(NS(=O)(=O)c3cnn(-c4cc(C(F)(F)F)ccn4)c3)c21. The molecule has 0 bridgehead atoms. The molecule has 0 saturated heterocycles. The number of nitrogens with one attached hydrogen (secondary N) is 1. The summed E-state index contributed by atoms with van der Waals surface area (Å²) in [7, 11) is -2.46. The Morgan fingerprint density at radius 3 is 2.72 bits per heavy atom. The van der Waals surface area contributed by atoms with Crippen LogP contribution in [0.15, 0.2) is 53.8 Å². The van der Waals surface area contributed by atoms with Gasteiger partial charge in [0.15, 0.2) is 5.82 Å². The molecule has 0 fully saturated rings. The number of anilines is 1. The van der Waals surface area contributed by atoms with Crippen LogP contribution in [0.2, 0.25) is 0 Å². The van der Waals surface area contributed by atoms with Gasteiger partial charge in [-0.1, -0.05) is 11.3 Å². The zero-order chi connectivity index (χ0) is 20.8. The molecule has 0 aliphatic rings. The number of nitrogens with zero attached hydrogens (tertiary/aromatic N) is 6. The van der Waals surface area contributed by atoms with Gasteiger partial charge in [0.1, 0.15) is 15.9 Å². The molecule has 3 heterocycles. The zero-order valence-electron chi connectivity index (χ0n) is 14.7. The Morgan fingerprint density at radius 1 is 1.17 bits per heavy atom. The summed E-state index contributed by atoms with van der Waals surface area (Å²) in [4.78, 5) is 3.57. The van der Waals surface area contributed by atoms with E-state index in [0.717, 1.165) is 35.4 Å². The van der Waals surface area contributed by atoms with Gasteiger partial charge in [-0.25, -0.2) is 22.8 Å². The standard InChI is InChI=1S/C16H12F3N7O2S/c1-25-15-12(22-24-25)3-2-4-13(15)23-29(27,28)11-8-21-26(9-11)14-7-10(5-6-20-14)16(17,18)19/h2-9,23H,1H3. The van der Waals surface area contributed by atoms with Crippen LogP contribution in [-0.2, 0) is 23.2 Å². The molecule has 0 saturated carbocycles. The fourth-order valence-corrected chi connectivity index (χ4v) is 3.69. The first-order chi connectivity index (χ1) is 13.6. The predicted octanol–water partition coefficient (Wildman–Crippen LogP) is 2.37. The zero-order valence-corrected chi connectivity index (χ0v) is 15.5. The lowest BCUT2D eigenvalue weighted by Crippen LogP contribution is -2.13. The van der Waals surface area contributed by atoms with E-state index < -0.39 is 21.8 Å². The first-order valence-corrected chi connectivity index (χ1v) is 9.53. The summed E-state index contributed by atoms with van der Waals surface area (Å²) in [5.74, 6) is -0.167. The molecule has 29 heavy (non-hydrogen) atoms. The quantitative estimate of drug-likeness (QED) is 0.540. The Bertz CT molecular complexity index is 1310. The van der Waals surface area contributed by atoms with Crippen molar-refractivity contribution in [2.75, 3.05) is 4.72 Å². The Morgan fingerprint density at radius 2 is 1.97 bits per heavy atom. The van der Waals surface area contributed by atoms with Gasteiger partial charge in [0, 0.05) is 13.2 Å². The summed E-state index contributed by atoms with van der Waals surface area (Å²) >= 11 is 0. The third kappa shape index (κ3) is 3.51. The predicted molar refractivity (Wildman–Crippen MR) is 95.7 cm³/mol. The van der Waals surface area contributed by atoms with Gasteiger partial charge in [0.2, 0.25) is 0 Å². The highest BCUT2D eigenvalue weighted by Gasteiger charge is 2.31. The molecule has 1 N–H and O–H groups in total. The number of alkyl halides is 3. The largest absolute Gasteiger partial charge is 0.416 e. The van der Waals surface area contributed by atoms with E-state index in [-0.39, 0.29) is 16.4 Å². The molecule has 3 aromatic heterocycles. The maximum Gasteiger partial charge on any atom is 0.416 e. The van der Waals surface area contributed by atoms with E-state index in [1.807, 2.05) is 0 Å². The minimum Gasteiger partial charge on any atom is -0.277 e. The lowest BCUT2D eigenvalue weighted by molar-refractivity contribution is -0.137. The number of pyridine rings is 1. The molecular formula is C16H12F3N7O2S. The summed E-state index contributed by atoms with van der Waals surface area (Å²) in [5, 5.41) is 11.6. The van der Waals surface area contributed by atoms with Crippen molar-refractivity contribution in [2.45, 2.75) is 11.1 Å². The van der Waals surface area contributed by atoms with Crippen LogP contribution in [0.25, 0.3) is 16.9 Å². The second-order valence-electron chi connectivity index (χ2n) is 6.01. The van der Waals surface area contributed by atoms with Crippen molar-refractivity contribution in [3.05, 3.63) is 54.5 Å². The van der Waals surface area contributed by atoms with Gasteiger partial charge >= 0.3 is 6.18 Å². The molecule has 0 amide bonds.